The standard InChI is InChI=1S/C17H26O10/c1-8(2)25-17(6)26-15-14(23-11(5)20)13(22-10(4)19)12(7-21-9(3)18)24-16(15)27-17/h8,12-16H,7H2,1-6H3/t12-,13+,14+,15+,16+,17+/m0/s1. The van der Waals surface area contributed by atoms with Crippen LogP contribution in [-0.2, 0) is 47.5 Å². The van der Waals surface area contributed by atoms with Gasteiger partial charge in [0.1, 0.15) is 12.7 Å². The molecule has 0 aromatic rings. The number of hydrogen-bond donors (Lipinski definition) is 0. The summed E-state index contributed by atoms with van der Waals surface area (Å²) < 4.78 is 38.6. The molecule has 2 rings (SSSR count). The zero-order valence-electron chi connectivity index (χ0n) is 16.3. The average Bonchev–Trinajstić information content (AvgIpc) is 2.81. The minimum absolute atomic E-state index is 0.219. The maximum Gasteiger partial charge on any atom is 0.303 e. The number of fused-ring (bicyclic) bond motifs is 1. The summed E-state index contributed by atoms with van der Waals surface area (Å²) in [4.78, 5) is 34.4. The van der Waals surface area contributed by atoms with Gasteiger partial charge >= 0.3 is 17.9 Å². The van der Waals surface area contributed by atoms with Gasteiger partial charge in [-0.1, -0.05) is 0 Å². The fourth-order valence-corrected chi connectivity index (χ4v) is 3.06. The molecule has 6 atom stereocenters. The van der Waals surface area contributed by atoms with E-state index in [0.717, 1.165) is 0 Å². The first-order valence-electron chi connectivity index (χ1n) is 8.67. The molecule has 0 amide bonds. The Kier molecular flexibility index (Phi) is 6.79. The molecule has 0 saturated carbocycles. The first-order valence-corrected chi connectivity index (χ1v) is 8.67. The van der Waals surface area contributed by atoms with Crippen molar-refractivity contribution in [1.29, 1.82) is 0 Å². The second kappa shape index (κ2) is 8.51. The van der Waals surface area contributed by atoms with Crippen LogP contribution in [-0.4, -0.2) is 67.3 Å². The molecule has 2 fully saturated rings. The van der Waals surface area contributed by atoms with E-state index in [1.807, 2.05) is 0 Å². The van der Waals surface area contributed by atoms with Gasteiger partial charge in [0.25, 0.3) is 5.97 Å². The predicted molar refractivity (Wildman–Crippen MR) is 87.0 cm³/mol. The third-order valence-corrected chi connectivity index (χ3v) is 3.78. The van der Waals surface area contributed by atoms with E-state index in [2.05, 4.69) is 0 Å². The van der Waals surface area contributed by atoms with Gasteiger partial charge in [-0.2, -0.15) is 0 Å². The molecule has 0 N–H and O–H groups in total. The van der Waals surface area contributed by atoms with Crippen molar-refractivity contribution >= 4 is 17.9 Å². The van der Waals surface area contributed by atoms with Crippen LogP contribution in [0.15, 0.2) is 0 Å². The summed E-state index contributed by atoms with van der Waals surface area (Å²) in [6, 6.07) is 0. The van der Waals surface area contributed by atoms with Gasteiger partial charge in [-0.15, -0.1) is 0 Å². The summed E-state index contributed by atoms with van der Waals surface area (Å²) in [5.41, 5.74) is 0. The first-order chi connectivity index (χ1) is 12.5. The number of hydrogen-bond acceptors (Lipinski definition) is 10. The minimum atomic E-state index is -1.45. The van der Waals surface area contributed by atoms with Crippen LogP contribution in [0.3, 0.4) is 0 Å². The third-order valence-electron chi connectivity index (χ3n) is 3.78. The summed E-state index contributed by atoms with van der Waals surface area (Å²) in [5, 5.41) is 0. The Morgan fingerprint density at radius 2 is 1.56 bits per heavy atom. The second-order valence-electron chi connectivity index (χ2n) is 6.72. The monoisotopic (exact) mass is 390 g/mol. The van der Waals surface area contributed by atoms with Crippen LogP contribution in [0, 0.1) is 0 Å². The van der Waals surface area contributed by atoms with Crippen LogP contribution in [0.5, 0.6) is 0 Å². The van der Waals surface area contributed by atoms with E-state index in [-0.39, 0.29) is 12.7 Å². The molecule has 0 bridgehead atoms. The lowest BCUT2D eigenvalue weighted by Crippen LogP contribution is -2.60. The van der Waals surface area contributed by atoms with Crippen molar-refractivity contribution < 1.29 is 47.5 Å². The van der Waals surface area contributed by atoms with Gasteiger partial charge in [0, 0.05) is 27.7 Å². The number of carbonyl (C=O) groups is 3. The molecule has 0 aliphatic carbocycles. The van der Waals surface area contributed by atoms with Gasteiger partial charge in [-0.05, 0) is 13.8 Å². The Balaban J connectivity index is 2.30. The molecule has 10 heteroatoms. The first kappa shape index (κ1) is 21.5. The molecule has 0 unspecified atom stereocenters. The fraction of sp³-hybridized carbons (Fsp3) is 0.824. The number of rotatable bonds is 6. The molecule has 2 aliphatic heterocycles. The lowest BCUT2D eigenvalue weighted by Gasteiger charge is -2.40. The van der Waals surface area contributed by atoms with Gasteiger partial charge in [-0.3, -0.25) is 19.1 Å². The molecule has 2 saturated heterocycles. The van der Waals surface area contributed by atoms with Crippen molar-refractivity contribution in [3.8, 4) is 0 Å². The molecule has 10 nitrogen and oxygen atoms in total. The van der Waals surface area contributed by atoms with Crippen molar-refractivity contribution in [3.05, 3.63) is 0 Å². The van der Waals surface area contributed by atoms with Crippen LogP contribution in [0.25, 0.3) is 0 Å². The third kappa shape index (κ3) is 5.61. The summed E-state index contributed by atoms with van der Waals surface area (Å²) in [5.74, 6) is -3.21. The highest BCUT2D eigenvalue weighted by Gasteiger charge is 2.59. The van der Waals surface area contributed by atoms with Crippen LogP contribution in [0.1, 0.15) is 41.5 Å². The molecular formula is C17H26O10. The molecule has 0 aromatic heterocycles. The highest BCUT2D eigenvalue weighted by molar-refractivity contribution is 5.67. The van der Waals surface area contributed by atoms with E-state index < -0.39 is 54.6 Å². The van der Waals surface area contributed by atoms with Crippen LogP contribution >= 0.6 is 0 Å². The zero-order valence-corrected chi connectivity index (χ0v) is 16.3. The number of ether oxygens (including phenoxy) is 7. The van der Waals surface area contributed by atoms with Crippen molar-refractivity contribution in [2.24, 2.45) is 0 Å². The Bertz CT molecular complexity index is 576. The van der Waals surface area contributed by atoms with Crippen molar-refractivity contribution in [1.82, 2.24) is 0 Å². The molecule has 2 heterocycles. The average molecular weight is 390 g/mol. The second-order valence-corrected chi connectivity index (χ2v) is 6.72. The van der Waals surface area contributed by atoms with Crippen LogP contribution < -0.4 is 0 Å². The molecule has 154 valence electrons. The van der Waals surface area contributed by atoms with E-state index in [0.29, 0.717) is 0 Å². The Morgan fingerprint density at radius 1 is 0.963 bits per heavy atom. The lowest BCUT2D eigenvalue weighted by atomic mass is 9.98. The largest absolute Gasteiger partial charge is 0.463 e. The van der Waals surface area contributed by atoms with E-state index >= 15 is 0 Å². The lowest BCUT2D eigenvalue weighted by molar-refractivity contribution is -0.355. The number of esters is 3. The zero-order chi connectivity index (χ0) is 20.4. The summed E-state index contributed by atoms with van der Waals surface area (Å²) in [6.45, 7) is 8.60. The normalized spacial score (nSPS) is 35.4. The minimum Gasteiger partial charge on any atom is -0.463 e. The summed E-state index contributed by atoms with van der Waals surface area (Å²) in [7, 11) is 0. The summed E-state index contributed by atoms with van der Waals surface area (Å²) in [6.07, 6.45) is -5.13. The van der Waals surface area contributed by atoms with Gasteiger partial charge < -0.3 is 28.4 Å². The molecular weight excluding hydrogens is 364 g/mol. The molecule has 0 radical (unpaired) electrons. The maximum absolute atomic E-state index is 11.6. The van der Waals surface area contributed by atoms with Gasteiger partial charge in [0.15, 0.2) is 24.6 Å². The highest BCUT2D eigenvalue weighted by Crippen LogP contribution is 2.40. The van der Waals surface area contributed by atoms with Crippen molar-refractivity contribution in [2.75, 3.05) is 6.61 Å². The smallest absolute Gasteiger partial charge is 0.303 e. The fourth-order valence-electron chi connectivity index (χ4n) is 3.06. The quantitative estimate of drug-likeness (QED) is 0.473. The predicted octanol–water partition coefficient (Wildman–Crippen LogP) is 0.652. The van der Waals surface area contributed by atoms with E-state index in [1.54, 1.807) is 20.8 Å². The number of carbonyl (C=O) groups excluding carboxylic acids is 3. The summed E-state index contributed by atoms with van der Waals surface area (Å²) >= 11 is 0. The van der Waals surface area contributed by atoms with Crippen LogP contribution in [0.2, 0.25) is 0 Å². The van der Waals surface area contributed by atoms with Crippen molar-refractivity contribution in [3.63, 3.8) is 0 Å². The van der Waals surface area contributed by atoms with E-state index in [9.17, 15) is 14.4 Å². The van der Waals surface area contributed by atoms with E-state index in [4.69, 9.17) is 33.2 Å². The van der Waals surface area contributed by atoms with E-state index in [1.165, 1.54) is 20.8 Å². The van der Waals surface area contributed by atoms with Gasteiger partial charge in [0.05, 0.1) is 6.10 Å². The van der Waals surface area contributed by atoms with Gasteiger partial charge in [-0.25, -0.2) is 0 Å². The van der Waals surface area contributed by atoms with Gasteiger partial charge in [0.2, 0.25) is 0 Å². The molecule has 27 heavy (non-hydrogen) atoms. The Hall–Kier alpha value is -1.75. The SMILES string of the molecule is CC(=O)OC[C@@H]1O[C@@H]2O[C@](C)(OC(C)C)O[C@@H]2[C@H](OC(C)=O)[C@@H]1OC(C)=O. The topological polar surface area (TPSA) is 116 Å². The van der Waals surface area contributed by atoms with Crippen molar-refractivity contribution in [2.45, 2.75) is 84.3 Å². The molecule has 2 aliphatic rings. The Labute approximate surface area is 157 Å². The Morgan fingerprint density at radius 3 is 2.07 bits per heavy atom. The molecule has 0 aromatic carbocycles. The maximum atomic E-state index is 11.6. The molecule has 0 spiro atoms. The van der Waals surface area contributed by atoms with Crippen LogP contribution in [0.4, 0.5) is 0 Å². The highest BCUT2D eigenvalue weighted by atomic mass is 16.9.